The highest BCUT2D eigenvalue weighted by molar-refractivity contribution is 5.29. The molecule has 0 aliphatic carbocycles. The van der Waals surface area contributed by atoms with E-state index in [9.17, 15) is 4.39 Å². The van der Waals surface area contributed by atoms with Crippen LogP contribution in [0.15, 0.2) is 18.2 Å². The lowest BCUT2D eigenvalue weighted by atomic mass is 10.1. The molecule has 0 saturated heterocycles. The van der Waals surface area contributed by atoms with Gasteiger partial charge in [-0.15, -0.1) is 0 Å². The smallest absolute Gasteiger partial charge is 0.131 e. The largest absolute Gasteiger partial charge is 0.508 e. The summed E-state index contributed by atoms with van der Waals surface area (Å²) in [5.41, 5.74) is 0.569. The third kappa shape index (κ3) is 4.71. The van der Waals surface area contributed by atoms with Crippen LogP contribution in [0.3, 0.4) is 0 Å². The number of phenols is 1. The van der Waals surface area contributed by atoms with Crippen LogP contribution in [-0.2, 0) is 4.74 Å². The molecule has 0 aromatic heterocycles. The number of aromatic hydroxyl groups is 1. The Balaban J connectivity index is 2.38. The molecule has 1 aromatic rings. The number of benzene rings is 1. The molecule has 1 atom stereocenters. The van der Waals surface area contributed by atoms with Crippen molar-refractivity contribution >= 4 is 0 Å². The number of rotatable bonds is 7. The summed E-state index contributed by atoms with van der Waals surface area (Å²) in [6, 6.07) is 4.16. The fraction of sp³-hybridized carbons (Fsp3) is 0.538. The van der Waals surface area contributed by atoms with Crippen LogP contribution in [0, 0.1) is 5.82 Å². The van der Waals surface area contributed by atoms with Gasteiger partial charge >= 0.3 is 0 Å². The lowest BCUT2D eigenvalue weighted by molar-refractivity contribution is 0.144. The van der Waals surface area contributed by atoms with E-state index >= 15 is 0 Å². The van der Waals surface area contributed by atoms with Gasteiger partial charge in [0.1, 0.15) is 11.6 Å². The van der Waals surface area contributed by atoms with Gasteiger partial charge in [0.2, 0.25) is 0 Å². The van der Waals surface area contributed by atoms with Gasteiger partial charge in [-0.25, -0.2) is 4.39 Å². The molecule has 2 N–H and O–H groups in total. The van der Waals surface area contributed by atoms with Crippen LogP contribution >= 0.6 is 0 Å². The van der Waals surface area contributed by atoms with Crippen LogP contribution in [0.5, 0.6) is 5.75 Å². The minimum absolute atomic E-state index is 0.0465. The van der Waals surface area contributed by atoms with Gasteiger partial charge in [-0.2, -0.15) is 0 Å². The van der Waals surface area contributed by atoms with E-state index in [1.807, 2.05) is 13.8 Å². The van der Waals surface area contributed by atoms with E-state index < -0.39 is 0 Å². The molecule has 0 spiro atoms. The molecule has 0 amide bonds. The predicted octanol–water partition coefficient (Wildman–Crippen LogP) is 2.61. The molecule has 0 aliphatic rings. The number of halogens is 1. The van der Waals surface area contributed by atoms with Gasteiger partial charge in [-0.1, -0.05) is 6.07 Å². The predicted molar refractivity (Wildman–Crippen MR) is 65.6 cm³/mol. The average molecular weight is 241 g/mol. The molecule has 0 bridgehead atoms. The molecule has 0 radical (unpaired) electrons. The van der Waals surface area contributed by atoms with Crippen molar-refractivity contribution < 1.29 is 14.2 Å². The summed E-state index contributed by atoms with van der Waals surface area (Å²) in [6.07, 6.45) is 0.901. The van der Waals surface area contributed by atoms with Crippen molar-refractivity contribution in [2.24, 2.45) is 0 Å². The van der Waals surface area contributed by atoms with Gasteiger partial charge in [0.25, 0.3) is 0 Å². The number of hydrogen-bond acceptors (Lipinski definition) is 3. The Morgan fingerprint density at radius 2 is 2.24 bits per heavy atom. The van der Waals surface area contributed by atoms with Crippen molar-refractivity contribution in [3.05, 3.63) is 29.6 Å². The number of nitrogens with one attached hydrogen (secondary N) is 1. The second-order valence-electron chi connectivity index (χ2n) is 3.93. The van der Waals surface area contributed by atoms with Crippen molar-refractivity contribution in [3.63, 3.8) is 0 Å². The van der Waals surface area contributed by atoms with E-state index in [2.05, 4.69) is 5.32 Å². The molecule has 3 nitrogen and oxygen atoms in total. The normalized spacial score (nSPS) is 12.6. The summed E-state index contributed by atoms with van der Waals surface area (Å²) in [5.74, 6) is -0.426. The monoisotopic (exact) mass is 241 g/mol. The second-order valence-corrected chi connectivity index (χ2v) is 3.93. The molecule has 0 fully saturated rings. The molecule has 1 unspecified atom stereocenters. The standard InChI is InChI=1S/C13H20FNO2/c1-3-17-8-4-7-15-10(2)12-6-5-11(16)9-13(12)14/h5-6,9-10,15-16H,3-4,7-8H2,1-2H3. The molecule has 0 aliphatic heterocycles. The Morgan fingerprint density at radius 3 is 2.88 bits per heavy atom. The van der Waals surface area contributed by atoms with Gasteiger partial charge in [0.15, 0.2) is 0 Å². The minimum atomic E-state index is -0.380. The summed E-state index contributed by atoms with van der Waals surface area (Å²) in [5, 5.41) is 12.3. The Hall–Kier alpha value is -1.13. The van der Waals surface area contributed by atoms with Crippen LogP contribution in [0.2, 0.25) is 0 Å². The molecule has 96 valence electrons. The molecule has 0 saturated carbocycles. The molecule has 0 heterocycles. The van der Waals surface area contributed by atoms with Crippen molar-refractivity contribution in [2.75, 3.05) is 19.8 Å². The Kier molecular flexibility index (Phi) is 5.94. The molecule has 1 rings (SSSR count). The number of hydrogen-bond donors (Lipinski definition) is 2. The van der Waals surface area contributed by atoms with E-state index in [1.165, 1.54) is 6.07 Å². The first-order valence-corrected chi connectivity index (χ1v) is 5.94. The van der Waals surface area contributed by atoms with E-state index in [0.29, 0.717) is 12.2 Å². The van der Waals surface area contributed by atoms with E-state index in [-0.39, 0.29) is 17.6 Å². The number of phenolic OH excluding ortho intramolecular Hbond substituents is 1. The third-order valence-corrected chi connectivity index (χ3v) is 2.57. The van der Waals surface area contributed by atoms with Crippen molar-refractivity contribution in [3.8, 4) is 5.75 Å². The Morgan fingerprint density at radius 1 is 1.47 bits per heavy atom. The topological polar surface area (TPSA) is 41.5 Å². The summed E-state index contributed by atoms with van der Waals surface area (Å²) in [7, 11) is 0. The van der Waals surface area contributed by atoms with Gasteiger partial charge in [-0.05, 0) is 32.9 Å². The van der Waals surface area contributed by atoms with E-state index in [1.54, 1.807) is 6.07 Å². The average Bonchev–Trinajstić information content (AvgIpc) is 2.28. The lowest BCUT2D eigenvalue weighted by Crippen LogP contribution is -2.21. The highest BCUT2D eigenvalue weighted by Crippen LogP contribution is 2.20. The van der Waals surface area contributed by atoms with Crippen LogP contribution in [0.25, 0.3) is 0 Å². The lowest BCUT2D eigenvalue weighted by Gasteiger charge is -2.15. The number of ether oxygens (including phenoxy) is 1. The quantitative estimate of drug-likeness (QED) is 0.721. The Labute approximate surface area is 102 Å². The highest BCUT2D eigenvalue weighted by Gasteiger charge is 2.10. The van der Waals surface area contributed by atoms with E-state index in [0.717, 1.165) is 25.6 Å². The van der Waals surface area contributed by atoms with Crippen LogP contribution in [0.4, 0.5) is 4.39 Å². The van der Waals surface area contributed by atoms with Crippen molar-refractivity contribution in [1.29, 1.82) is 0 Å². The molecular weight excluding hydrogens is 221 g/mol. The van der Waals surface area contributed by atoms with E-state index in [4.69, 9.17) is 9.84 Å². The highest BCUT2D eigenvalue weighted by atomic mass is 19.1. The summed E-state index contributed by atoms with van der Waals surface area (Å²) in [6.45, 7) is 6.08. The third-order valence-electron chi connectivity index (χ3n) is 2.57. The van der Waals surface area contributed by atoms with Crippen molar-refractivity contribution in [1.82, 2.24) is 5.32 Å². The first-order chi connectivity index (χ1) is 8.15. The molecule has 4 heteroatoms. The Bertz CT molecular complexity index is 344. The van der Waals surface area contributed by atoms with Gasteiger partial charge in [0.05, 0.1) is 0 Å². The minimum Gasteiger partial charge on any atom is -0.508 e. The van der Waals surface area contributed by atoms with Gasteiger partial charge in [-0.3, -0.25) is 0 Å². The first kappa shape index (κ1) is 13.9. The second kappa shape index (κ2) is 7.25. The maximum atomic E-state index is 13.5. The summed E-state index contributed by atoms with van der Waals surface area (Å²) < 4.78 is 18.7. The maximum Gasteiger partial charge on any atom is 0.131 e. The zero-order chi connectivity index (χ0) is 12.7. The van der Waals surface area contributed by atoms with Gasteiger partial charge in [0, 0.05) is 30.9 Å². The summed E-state index contributed by atoms with van der Waals surface area (Å²) >= 11 is 0. The van der Waals surface area contributed by atoms with Crippen molar-refractivity contribution in [2.45, 2.75) is 26.3 Å². The van der Waals surface area contributed by atoms with Crippen LogP contribution in [0.1, 0.15) is 31.9 Å². The fourth-order valence-corrected chi connectivity index (χ4v) is 1.61. The molecule has 1 aromatic carbocycles. The zero-order valence-corrected chi connectivity index (χ0v) is 10.4. The SMILES string of the molecule is CCOCCCNC(C)c1ccc(O)cc1F. The molecule has 17 heavy (non-hydrogen) atoms. The van der Waals surface area contributed by atoms with Gasteiger partial charge < -0.3 is 15.2 Å². The summed E-state index contributed by atoms with van der Waals surface area (Å²) in [4.78, 5) is 0. The molecular formula is C13H20FNO2. The zero-order valence-electron chi connectivity index (χ0n) is 10.4. The maximum absolute atomic E-state index is 13.5. The van der Waals surface area contributed by atoms with Crippen LogP contribution in [-0.4, -0.2) is 24.9 Å². The van der Waals surface area contributed by atoms with Crippen LogP contribution < -0.4 is 5.32 Å². The first-order valence-electron chi connectivity index (χ1n) is 5.94. The fourth-order valence-electron chi connectivity index (χ4n) is 1.61.